The molecule has 0 fully saturated rings. The lowest BCUT2D eigenvalue weighted by molar-refractivity contribution is -0.136. The fourth-order valence-electron chi connectivity index (χ4n) is 3.96. The molecule has 0 heterocycles. The molecule has 1 aliphatic rings. The van der Waals surface area contributed by atoms with Crippen LogP contribution in [0.1, 0.15) is 37.3 Å². The van der Waals surface area contributed by atoms with E-state index in [0.29, 0.717) is 0 Å². The molecule has 176 valence electrons. The lowest BCUT2D eigenvalue weighted by Crippen LogP contribution is -2.50. The van der Waals surface area contributed by atoms with E-state index in [9.17, 15) is 14.4 Å². The Bertz CT molecular complexity index is 970. The van der Waals surface area contributed by atoms with Gasteiger partial charge in [0, 0.05) is 40.7 Å². The molecule has 33 heavy (non-hydrogen) atoms. The predicted octanol–water partition coefficient (Wildman–Crippen LogP) is 4.94. The smallest absolute Gasteiger partial charge is 0.407 e. The Kier molecular flexibility index (Phi) is 9.02. The van der Waals surface area contributed by atoms with Crippen molar-refractivity contribution in [3.05, 3.63) is 59.7 Å². The highest BCUT2D eigenvalue weighted by atomic mass is 127. The van der Waals surface area contributed by atoms with E-state index in [1.54, 1.807) is 7.05 Å². The van der Waals surface area contributed by atoms with E-state index in [0.717, 1.165) is 31.5 Å². The topological polar surface area (TPSA) is 84.9 Å². The average Bonchev–Trinajstić information content (AvgIpc) is 3.13. The highest BCUT2D eigenvalue weighted by Crippen LogP contribution is 2.44. The molecular formula is C24H27IN2O5S. The van der Waals surface area contributed by atoms with Crippen LogP contribution in [-0.2, 0) is 18.5 Å². The van der Waals surface area contributed by atoms with Crippen LogP contribution < -0.4 is 5.32 Å². The number of nitrogens with zero attached hydrogens (tertiary/aromatic N) is 1. The molecule has 0 spiro atoms. The van der Waals surface area contributed by atoms with Crippen LogP contribution >= 0.6 is 30.4 Å². The number of ether oxygens (including phenoxy) is 1. The summed E-state index contributed by atoms with van der Waals surface area (Å²) in [5.74, 6) is -0.897. The van der Waals surface area contributed by atoms with Gasteiger partial charge in [0.15, 0.2) is 0 Å². The van der Waals surface area contributed by atoms with Crippen LogP contribution in [0.3, 0.4) is 0 Å². The number of rotatable bonds is 9. The monoisotopic (exact) mass is 582 g/mol. The molecule has 0 radical (unpaired) electrons. The molecule has 9 heteroatoms. The summed E-state index contributed by atoms with van der Waals surface area (Å²) in [7, 11) is 2.54. The van der Waals surface area contributed by atoms with Gasteiger partial charge in [-0.05, 0) is 28.2 Å². The van der Waals surface area contributed by atoms with Crippen molar-refractivity contribution in [1.29, 1.82) is 0 Å². The molecule has 0 saturated carbocycles. The first-order valence-electron chi connectivity index (χ1n) is 10.7. The Balaban J connectivity index is 1.61. The van der Waals surface area contributed by atoms with Crippen LogP contribution in [0, 0.1) is 5.92 Å². The fraction of sp³-hybridized carbons (Fsp3) is 0.375. The molecule has 0 aliphatic heterocycles. The third-order valence-electron chi connectivity index (χ3n) is 5.70. The highest BCUT2D eigenvalue weighted by molar-refractivity contribution is 14.2. The Morgan fingerprint density at radius 2 is 1.64 bits per heavy atom. The number of likely N-dealkylation sites (N-methyl/N-ethyl adjacent to an activating group) is 1. The Morgan fingerprint density at radius 3 is 2.18 bits per heavy atom. The van der Waals surface area contributed by atoms with E-state index in [4.69, 9.17) is 8.92 Å². The van der Waals surface area contributed by atoms with Gasteiger partial charge in [-0.25, -0.2) is 4.79 Å². The van der Waals surface area contributed by atoms with E-state index in [2.05, 4.69) is 29.6 Å². The van der Waals surface area contributed by atoms with Gasteiger partial charge < -0.3 is 19.1 Å². The van der Waals surface area contributed by atoms with E-state index >= 15 is 0 Å². The second kappa shape index (κ2) is 11.7. The number of hydrogen-bond donors (Lipinski definition) is 1. The van der Waals surface area contributed by atoms with Gasteiger partial charge >= 0.3 is 12.1 Å². The van der Waals surface area contributed by atoms with Gasteiger partial charge in [0.05, 0.1) is 6.42 Å². The zero-order valence-corrected chi connectivity index (χ0v) is 21.7. The van der Waals surface area contributed by atoms with Gasteiger partial charge in [-0.15, -0.1) is 0 Å². The molecule has 0 bridgehead atoms. The molecular weight excluding hydrogens is 555 g/mol. The Hall–Kier alpha value is -2.27. The number of hydrogen-bond acceptors (Lipinski definition) is 6. The van der Waals surface area contributed by atoms with E-state index in [1.165, 1.54) is 4.90 Å². The number of nitrogens with one attached hydrogen (secondary N) is 1. The molecule has 2 aromatic carbocycles. The molecule has 7 nitrogen and oxygen atoms in total. The lowest BCUT2D eigenvalue weighted by Gasteiger charge is -2.27. The molecule has 3 rings (SSSR count). The van der Waals surface area contributed by atoms with Crippen molar-refractivity contribution in [2.24, 2.45) is 5.92 Å². The third-order valence-corrected chi connectivity index (χ3v) is 6.49. The maximum Gasteiger partial charge on any atom is 0.407 e. The van der Waals surface area contributed by atoms with Gasteiger partial charge in [-0.2, -0.15) is 0 Å². The van der Waals surface area contributed by atoms with Gasteiger partial charge in [0.25, 0.3) is 0 Å². The third kappa shape index (κ3) is 6.20. The molecule has 0 aromatic heterocycles. The van der Waals surface area contributed by atoms with Crippen LogP contribution in [-0.4, -0.2) is 49.1 Å². The number of halogens is 1. The van der Waals surface area contributed by atoms with Crippen molar-refractivity contribution < 1.29 is 23.3 Å². The van der Waals surface area contributed by atoms with Crippen molar-refractivity contribution in [3.63, 3.8) is 0 Å². The van der Waals surface area contributed by atoms with E-state index in [1.807, 2.05) is 59.3 Å². The largest absolute Gasteiger partial charge is 0.449 e. The van der Waals surface area contributed by atoms with E-state index in [-0.39, 0.29) is 37.3 Å². The van der Waals surface area contributed by atoms with Crippen molar-refractivity contribution in [2.45, 2.75) is 32.2 Å². The zero-order chi connectivity index (χ0) is 24.0. The average molecular weight is 582 g/mol. The van der Waals surface area contributed by atoms with Gasteiger partial charge in [-0.3, -0.25) is 9.59 Å². The van der Waals surface area contributed by atoms with Crippen LogP contribution in [0.25, 0.3) is 11.1 Å². The predicted molar refractivity (Wildman–Crippen MR) is 137 cm³/mol. The Labute approximate surface area is 210 Å². The fourth-order valence-corrected chi connectivity index (χ4v) is 4.72. The summed E-state index contributed by atoms with van der Waals surface area (Å²) >= 11 is 1.86. The summed E-state index contributed by atoms with van der Waals surface area (Å²) in [6.45, 7) is 4.07. The summed E-state index contributed by atoms with van der Waals surface area (Å²) in [6, 6.07) is 15.5. The second-order valence-corrected chi connectivity index (χ2v) is 9.59. The van der Waals surface area contributed by atoms with Gasteiger partial charge in [-0.1, -0.05) is 62.4 Å². The van der Waals surface area contributed by atoms with Crippen molar-refractivity contribution in [2.75, 3.05) is 20.2 Å². The molecule has 1 N–H and O–H groups in total. The summed E-state index contributed by atoms with van der Waals surface area (Å²) in [6.07, 6.45) is -0.563. The first-order valence-corrected chi connectivity index (χ1v) is 14.0. The molecule has 2 amide bonds. The zero-order valence-electron chi connectivity index (χ0n) is 18.7. The molecule has 0 saturated heterocycles. The summed E-state index contributed by atoms with van der Waals surface area (Å²) in [5.41, 5.74) is 4.55. The van der Waals surface area contributed by atoms with Crippen LogP contribution in [0.5, 0.6) is 0 Å². The van der Waals surface area contributed by atoms with Crippen molar-refractivity contribution >= 4 is 48.4 Å². The minimum Gasteiger partial charge on any atom is -0.449 e. The minimum atomic E-state index is -0.763. The molecule has 2 aromatic rings. The maximum absolute atomic E-state index is 12.9. The highest BCUT2D eigenvalue weighted by Gasteiger charge is 2.31. The molecule has 1 aliphatic carbocycles. The van der Waals surface area contributed by atoms with Crippen LogP contribution in [0.4, 0.5) is 4.79 Å². The van der Waals surface area contributed by atoms with Crippen molar-refractivity contribution in [3.8, 4) is 11.1 Å². The normalized spacial score (nSPS) is 13.1. The molecule has 1 atom stereocenters. The summed E-state index contributed by atoms with van der Waals surface area (Å²) < 4.78 is 10.4. The van der Waals surface area contributed by atoms with Crippen LogP contribution in [0.2, 0.25) is 0 Å². The SMILES string of the molecule is CC(C)C(NC(=O)OCC1c2ccccc2-c2ccccc21)C(=O)N(C)CCC(=O)OSI. The number of carbonyl (C=O) groups is 3. The lowest BCUT2D eigenvalue weighted by atomic mass is 9.98. The number of amides is 2. The number of benzene rings is 2. The first kappa shape index (κ1) is 25.4. The Morgan fingerprint density at radius 1 is 1.06 bits per heavy atom. The standard InChI is InChI=1S/C24H27IN2O5S/c1-15(2)22(23(29)27(3)13-12-21(28)32-33-25)26-24(30)31-14-20-18-10-6-4-8-16(18)17-9-5-7-11-19(17)20/h4-11,15,20,22H,12-14H2,1-3H3,(H,26,30). The molecule has 1 unspecified atom stereocenters. The number of carbonyl (C=O) groups excluding carboxylic acids is 3. The minimum absolute atomic E-state index is 0.0548. The maximum atomic E-state index is 12.9. The first-order chi connectivity index (χ1) is 15.8. The van der Waals surface area contributed by atoms with Crippen molar-refractivity contribution in [1.82, 2.24) is 10.2 Å². The van der Waals surface area contributed by atoms with Crippen LogP contribution in [0.15, 0.2) is 48.5 Å². The van der Waals surface area contributed by atoms with Gasteiger partial charge in [0.2, 0.25) is 5.91 Å². The second-order valence-electron chi connectivity index (χ2n) is 8.22. The summed E-state index contributed by atoms with van der Waals surface area (Å²) in [4.78, 5) is 38.5. The quantitative estimate of drug-likeness (QED) is 0.333. The number of fused-ring (bicyclic) bond motifs is 3. The van der Waals surface area contributed by atoms with E-state index < -0.39 is 18.1 Å². The van der Waals surface area contributed by atoms with Gasteiger partial charge in [0.1, 0.15) is 21.9 Å². The summed E-state index contributed by atoms with van der Waals surface area (Å²) in [5, 5.41) is 2.71. The number of alkyl carbamates (subject to hydrolysis) is 1.